The molecule has 1 heterocycles. The zero-order chi connectivity index (χ0) is 15.1. The van der Waals surface area contributed by atoms with Crippen LogP contribution in [0.5, 0.6) is 0 Å². The highest BCUT2D eigenvalue weighted by molar-refractivity contribution is 5.56. The van der Waals surface area contributed by atoms with E-state index < -0.39 is 0 Å². The molecule has 0 aliphatic carbocycles. The molecule has 118 valence electrons. The van der Waals surface area contributed by atoms with Gasteiger partial charge in [-0.15, -0.1) is 0 Å². The van der Waals surface area contributed by atoms with Crippen LogP contribution in [-0.4, -0.2) is 46.1 Å². The van der Waals surface area contributed by atoms with E-state index in [1.54, 1.807) is 7.11 Å². The molecule has 0 bridgehead atoms. The summed E-state index contributed by atoms with van der Waals surface area (Å²) in [5.41, 5.74) is 4.02. The second kappa shape index (κ2) is 8.37. The van der Waals surface area contributed by atoms with Gasteiger partial charge in [-0.2, -0.15) is 0 Å². The Hall–Kier alpha value is -1.10. The lowest BCUT2D eigenvalue weighted by Gasteiger charge is -2.38. The fraction of sp³-hybridized carbons (Fsp3) is 0.647. The minimum Gasteiger partial charge on any atom is -0.383 e. The van der Waals surface area contributed by atoms with Crippen LogP contribution >= 0.6 is 0 Å². The summed E-state index contributed by atoms with van der Waals surface area (Å²) in [5, 5.41) is 3.46. The zero-order valence-corrected chi connectivity index (χ0v) is 13.5. The molecule has 21 heavy (non-hydrogen) atoms. The summed E-state index contributed by atoms with van der Waals surface area (Å²) in [7, 11) is 1.74. The molecule has 0 radical (unpaired) electrons. The molecule has 1 N–H and O–H groups in total. The van der Waals surface area contributed by atoms with Gasteiger partial charge in [-0.05, 0) is 25.0 Å². The van der Waals surface area contributed by atoms with Crippen molar-refractivity contribution >= 4 is 5.69 Å². The van der Waals surface area contributed by atoms with Crippen LogP contribution in [0.3, 0.4) is 0 Å². The molecule has 1 aliphatic heterocycles. The highest BCUT2D eigenvalue weighted by Crippen LogP contribution is 2.26. The van der Waals surface area contributed by atoms with Gasteiger partial charge in [0.15, 0.2) is 0 Å². The molecule has 1 aromatic carbocycles. The number of nitrogens with zero attached hydrogens (tertiary/aromatic N) is 1. The normalized spacial score (nSPS) is 19.0. The van der Waals surface area contributed by atoms with Gasteiger partial charge in [0.1, 0.15) is 0 Å². The van der Waals surface area contributed by atoms with E-state index in [9.17, 15) is 0 Å². The lowest BCUT2D eigenvalue weighted by Crippen LogP contribution is -2.45. The summed E-state index contributed by atoms with van der Waals surface area (Å²) in [6.07, 6.45) is 1.12. The molecule has 0 amide bonds. The van der Waals surface area contributed by atoms with Gasteiger partial charge in [0.05, 0.1) is 25.9 Å². The first-order chi connectivity index (χ1) is 10.3. The Morgan fingerprint density at radius 3 is 3.05 bits per heavy atom. The average molecular weight is 292 g/mol. The molecule has 4 heteroatoms. The summed E-state index contributed by atoms with van der Waals surface area (Å²) >= 11 is 0. The number of morpholine rings is 1. The zero-order valence-electron chi connectivity index (χ0n) is 13.5. The first-order valence-corrected chi connectivity index (χ1v) is 7.89. The summed E-state index contributed by atoms with van der Waals surface area (Å²) in [6.45, 7) is 9.53. The molecule has 1 unspecified atom stereocenters. The van der Waals surface area contributed by atoms with Crippen molar-refractivity contribution in [2.24, 2.45) is 0 Å². The highest BCUT2D eigenvalue weighted by atomic mass is 16.5. The SMILES string of the molecule is CCC1COCCN1c1ccc(C)cc1CNCCOC. The first kappa shape index (κ1) is 16.3. The molecule has 4 nitrogen and oxygen atoms in total. The second-order valence-corrected chi connectivity index (χ2v) is 5.63. The van der Waals surface area contributed by atoms with E-state index in [2.05, 4.69) is 42.3 Å². The van der Waals surface area contributed by atoms with E-state index >= 15 is 0 Å². The van der Waals surface area contributed by atoms with Crippen molar-refractivity contribution in [1.29, 1.82) is 0 Å². The van der Waals surface area contributed by atoms with Gasteiger partial charge < -0.3 is 19.7 Å². The predicted octanol–water partition coefficient (Wildman–Crippen LogP) is 2.35. The van der Waals surface area contributed by atoms with Crippen LogP contribution in [0, 0.1) is 6.92 Å². The molecule has 0 spiro atoms. The Kier molecular flexibility index (Phi) is 6.49. The van der Waals surface area contributed by atoms with Gasteiger partial charge in [0.2, 0.25) is 0 Å². The molecular formula is C17H28N2O2. The van der Waals surface area contributed by atoms with E-state index in [-0.39, 0.29) is 0 Å². The average Bonchev–Trinajstić information content (AvgIpc) is 2.52. The maximum absolute atomic E-state index is 5.63. The molecule has 1 aliphatic rings. The number of benzene rings is 1. The van der Waals surface area contributed by atoms with Crippen LogP contribution in [-0.2, 0) is 16.0 Å². The Bertz CT molecular complexity index is 437. The number of hydrogen-bond donors (Lipinski definition) is 1. The Labute approximate surface area is 128 Å². The first-order valence-electron chi connectivity index (χ1n) is 7.89. The van der Waals surface area contributed by atoms with Crippen LogP contribution in [0.2, 0.25) is 0 Å². The molecule has 1 atom stereocenters. The van der Waals surface area contributed by atoms with Crippen molar-refractivity contribution in [2.45, 2.75) is 32.9 Å². The Morgan fingerprint density at radius 1 is 1.43 bits per heavy atom. The number of nitrogens with one attached hydrogen (secondary N) is 1. The molecular weight excluding hydrogens is 264 g/mol. The lowest BCUT2D eigenvalue weighted by molar-refractivity contribution is 0.0929. The lowest BCUT2D eigenvalue weighted by atomic mass is 10.0. The third-order valence-electron chi connectivity index (χ3n) is 4.04. The van der Waals surface area contributed by atoms with Gasteiger partial charge in [0.25, 0.3) is 0 Å². The number of ether oxygens (including phenoxy) is 2. The quantitative estimate of drug-likeness (QED) is 0.782. The molecule has 2 rings (SSSR count). The van der Waals surface area contributed by atoms with E-state index in [1.165, 1.54) is 16.8 Å². The van der Waals surface area contributed by atoms with Crippen molar-refractivity contribution < 1.29 is 9.47 Å². The van der Waals surface area contributed by atoms with Crippen LogP contribution in [0.25, 0.3) is 0 Å². The molecule has 0 saturated carbocycles. The van der Waals surface area contributed by atoms with Gasteiger partial charge in [-0.3, -0.25) is 0 Å². The van der Waals surface area contributed by atoms with E-state index in [0.717, 1.165) is 45.9 Å². The smallest absolute Gasteiger partial charge is 0.0670 e. The maximum Gasteiger partial charge on any atom is 0.0670 e. The van der Waals surface area contributed by atoms with E-state index in [0.29, 0.717) is 6.04 Å². The third kappa shape index (κ3) is 4.43. The van der Waals surface area contributed by atoms with Crippen molar-refractivity contribution in [3.05, 3.63) is 29.3 Å². The van der Waals surface area contributed by atoms with Gasteiger partial charge >= 0.3 is 0 Å². The third-order valence-corrected chi connectivity index (χ3v) is 4.04. The number of rotatable bonds is 7. The van der Waals surface area contributed by atoms with Gasteiger partial charge in [-0.1, -0.05) is 24.6 Å². The van der Waals surface area contributed by atoms with Crippen LogP contribution < -0.4 is 10.2 Å². The standard InChI is InChI=1S/C17H28N2O2/c1-4-16-13-21-10-8-19(16)17-6-5-14(2)11-15(17)12-18-7-9-20-3/h5-6,11,16,18H,4,7-10,12-13H2,1-3H3. The summed E-state index contributed by atoms with van der Waals surface area (Å²) in [6, 6.07) is 7.24. The van der Waals surface area contributed by atoms with Crippen molar-refractivity contribution in [1.82, 2.24) is 5.32 Å². The van der Waals surface area contributed by atoms with Crippen molar-refractivity contribution in [3.8, 4) is 0 Å². The number of hydrogen-bond acceptors (Lipinski definition) is 4. The van der Waals surface area contributed by atoms with Crippen LogP contribution in [0.1, 0.15) is 24.5 Å². The Morgan fingerprint density at radius 2 is 2.29 bits per heavy atom. The van der Waals surface area contributed by atoms with Crippen molar-refractivity contribution in [2.75, 3.05) is 44.9 Å². The fourth-order valence-electron chi connectivity index (χ4n) is 2.84. The van der Waals surface area contributed by atoms with Gasteiger partial charge in [0, 0.05) is 32.4 Å². The van der Waals surface area contributed by atoms with E-state index in [1.807, 2.05) is 0 Å². The number of methoxy groups -OCH3 is 1. The number of anilines is 1. The predicted molar refractivity (Wildman–Crippen MR) is 87.0 cm³/mol. The van der Waals surface area contributed by atoms with E-state index in [4.69, 9.17) is 9.47 Å². The summed E-state index contributed by atoms with van der Waals surface area (Å²) < 4.78 is 10.7. The summed E-state index contributed by atoms with van der Waals surface area (Å²) in [4.78, 5) is 2.51. The van der Waals surface area contributed by atoms with Crippen LogP contribution in [0.15, 0.2) is 18.2 Å². The monoisotopic (exact) mass is 292 g/mol. The highest BCUT2D eigenvalue weighted by Gasteiger charge is 2.23. The fourth-order valence-corrected chi connectivity index (χ4v) is 2.84. The largest absolute Gasteiger partial charge is 0.383 e. The van der Waals surface area contributed by atoms with Crippen molar-refractivity contribution in [3.63, 3.8) is 0 Å². The minimum atomic E-state index is 0.485. The minimum absolute atomic E-state index is 0.485. The molecule has 0 aromatic heterocycles. The number of aryl methyl sites for hydroxylation is 1. The Balaban J connectivity index is 2.13. The molecule has 1 fully saturated rings. The molecule has 1 aromatic rings. The van der Waals surface area contributed by atoms with Gasteiger partial charge in [-0.25, -0.2) is 0 Å². The molecule has 1 saturated heterocycles. The summed E-state index contributed by atoms with van der Waals surface area (Å²) in [5.74, 6) is 0. The maximum atomic E-state index is 5.63. The second-order valence-electron chi connectivity index (χ2n) is 5.63. The van der Waals surface area contributed by atoms with Crippen LogP contribution in [0.4, 0.5) is 5.69 Å². The topological polar surface area (TPSA) is 33.7 Å².